The summed E-state index contributed by atoms with van der Waals surface area (Å²) < 4.78 is 47.0. The fraction of sp³-hybridized carbons (Fsp3) is 0.0909. The van der Waals surface area contributed by atoms with Gasteiger partial charge in [-0.15, -0.1) is 19.1 Å². The Labute approximate surface area is 185 Å². The molecule has 0 atom stereocenters. The molecule has 164 valence electrons. The quantitative estimate of drug-likeness (QED) is 0.318. The highest BCUT2D eigenvalue weighted by Gasteiger charge is 2.31. The second-order valence-electron chi connectivity index (χ2n) is 6.23. The maximum atomic E-state index is 12.9. The standard InChI is InChI=1S/C22H14ClF3N2O4/c1-2-4-14-11-18(21(29)27-15-5-3-10-28(30)13-15)20(12-19(14)23)31-16-6-8-17(9-7-16)32-22(24,25)26/h3,5-13H,1H3,(H,27,29). The number of carbonyl (C=O) groups excluding carboxylic acids is 1. The van der Waals surface area contributed by atoms with Crippen molar-refractivity contribution in [3.63, 3.8) is 0 Å². The van der Waals surface area contributed by atoms with Crippen LogP contribution in [0, 0.1) is 17.0 Å². The van der Waals surface area contributed by atoms with Crippen LogP contribution in [0.5, 0.6) is 17.2 Å². The van der Waals surface area contributed by atoms with Gasteiger partial charge in [-0.3, -0.25) is 4.79 Å². The summed E-state index contributed by atoms with van der Waals surface area (Å²) in [6.07, 6.45) is -2.40. The number of alkyl halides is 3. The van der Waals surface area contributed by atoms with Gasteiger partial charge in [0.15, 0.2) is 6.20 Å². The predicted octanol–water partition coefficient (Wildman–Crippen LogP) is 5.29. The first-order valence-electron chi connectivity index (χ1n) is 8.95. The van der Waals surface area contributed by atoms with Crippen LogP contribution >= 0.6 is 11.6 Å². The van der Waals surface area contributed by atoms with Gasteiger partial charge in [-0.05, 0) is 43.3 Å². The maximum Gasteiger partial charge on any atom is 0.573 e. The van der Waals surface area contributed by atoms with Crippen LogP contribution in [0.3, 0.4) is 0 Å². The number of hydrogen-bond donors (Lipinski definition) is 1. The number of halogens is 4. The first-order chi connectivity index (χ1) is 15.1. The second-order valence-corrected chi connectivity index (χ2v) is 6.64. The van der Waals surface area contributed by atoms with Gasteiger partial charge in [0.1, 0.15) is 22.9 Å². The number of benzene rings is 2. The van der Waals surface area contributed by atoms with Crippen molar-refractivity contribution in [1.82, 2.24) is 0 Å². The van der Waals surface area contributed by atoms with Crippen LogP contribution in [0.25, 0.3) is 0 Å². The molecule has 0 aliphatic rings. The van der Waals surface area contributed by atoms with E-state index in [0.717, 1.165) is 12.1 Å². The van der Waals surface area contributed by atoms with Gasteiger partial charge in [0.25, 0.3) is 5.91 Å². The summed E-state index contributed by atoms with van der Waals surface area (Å²) in [5.41, 5.74) is 0.654. The topological polar surface area (TPSA) is 74.5 Å². The largest absolute Gasteiger partial charge is 0.619 e. The number of pyridine rings is 1. The van der Waals surface area contributed by atoms with Crippen LogP contribution in [0.4, 0.5) is 18.9 Å². The molecule has 0 fully saturated rings. The van der Waals surface area contributed by atoms with E-state index in [1.807, 2.05) is 0 Å². The third-order valence-corrected chi connectivity index (χ3v) is 4.20. The van der Waals surface area contributed by atoms with Crippen LogP contribution in [0.2, 0.25) is 5.02 Å². The van der Waals surface area contributed by atoms with Gasteiger partial charge in [-0.2, -0.15) is 4.73 Å². The SMILES string of the molecule is CC#Cc1cc(C(=O)Nc2ccc[n+]([O-])c2)c(Oc2ccc(OC(F)(F)F)cc2)cc1Cl. The Bertz CT molecular complexity index is 1200. The molecule has 1 heterocycles. The molecule has 32 heavy (non-hydrogen) atoms. The Kier molecular flexibility index (Phi) is 6.76. The van der Waals surface area contributed by atoms with Crippen molar-refractivity contribution in [2.45, 2.75) is 13.3 Å². The molecule has 10 heteroatoms. The molecule has 0 bridgehead atoms. The summed E-state index contributed by atoms with van der Waals surface area (Å²) in [6.45, 7) is 1.60. The van der Waals surface area contributed by atoms with Crippen molar-refractivity contribution < 1.29 is 32.2 Å². The summed E-state index contributed by atoms with van der Waals surface area (Å²) in [7, 11) is 0. The summed E-state index contributed by atoms with van der Waals surface area (Å²) in [5.74, 6) is 4.58. The second kappa shape index (κ2) is 9.49. The highest BCUT2D eigenvalue weighted by Crippen LogP contribution is 2.33. The van der Waals surface area contributed by atoms with E-state index in [4.69, 9.17) is 16.3 Å². The Balaban J connectivity index is 1.92. The van der Waals surface area contributed by atoms with Crippen molar-refractivity contribution in [3.8, 4) is 29.1 Å². The molecule has 1 amide bonds. The third kappa shape index (κ3) is 6.06. The zero-order chi connectivity index (χ0) is 23.3. The number of ether oxygens (including phenoxy) is 2. The van der Waals surface area contributed by atoms with Crippen molar-refractivity contribution in [3.05, 3.63) is 82.3 Å². The normalized spacial score (nSPS) is 10.7. The van der Waals surface area contributed by atoms with Crippen molar-refractivity contribution in [2.75, 3.05) is 5.32 Å². The van der Waals surface area contributed by atoms with E-state index < -0.39 is 18.0 Å². The van der Waals surface area contributed by atoms with Gasteiger partial charge in [0.2, 0.25) is 6.20 Å². The van der Waals surface area contributed by atoms with Gasteiger partial charge in [-0.1, -0.05) is 17.5 Å². The number of rotatable bonds is 5. The molecular weight excluding hydrogens is 449 g/mol. The molecule has 0 saturated carbocycles. The number of anilines is 1. The van der Waals surface area contributed by atoms with Gasteiger partial charge >= 0.3 is 6.36 Å². The molecule has 2 aromatic carbocycles. The van der Waals surface area contributed by atoms with E-state index in [9.17, 15) is 23.2 Å². The molecule has 1 aromatic heterocycles. The molecule has 0 radical (unpaired) electrons. The van der Waals surface area contributed by atoms with Crippen LogP contribution in [0.15, 0.2) is 60.9 Å². The van der Waals surface area contributed by atoms with Gasteiger partial charge < -0.3 is 20.0 Å². The first kappa shape index (κ1) is 22.8. The van der Waals surface area contributed by atoms with Crippen molar-refractivity contribution in [2.24, 2.45) is 0 Å². The molecule has 0 aliphatic carbocycles. The lowest BCUT2D eigenvalue weighted by molar-refractivity contribution is -0.604. The molecule has 1 N–H and O–H groups in total. The van der Waals surface area contributed by atoms with E-state index in [0.29, 0.717) is 10.3 Å². The molecule has 3 rings (SSSR count). The minimum absolute atomic E-state index is 0.0320. The average molecular weight is 463 g/mol. The highest BCUT2D eigenvalue weighted by molar-refractivity contribution is 6.32. The molecular formula is C22H14ClF3N2O4. The number of nitrogens with one attached hydrogen (secondary N) is 1. The zero-order valence-corrected chi connectivity index (χ0v) is 17.1. The Morgan fingerprint density at radius 2 is 1.84 bits per heavy atom. The van der Waals surface area contributed by atoms with E-state index in [2.05, 4.69) is 21.9 Å². The van der Waals surface area contributed by atoms with Crippen LogP contribution in [-0.2, 0) is 0 Å². The van der Waals surface area contributed by atoms with E-state index in [1.165, 1.54) is 48.8 Å². The minimum Gasteiger partial charge on any atom is -0.619 e. The summed E-state index contributed by atoms with van der Waals surface area (Å²) in [4.78, 5) is 12.9. The molecule has 0 saturated heterocycles. The van der Waals surface area contributed by atoms with E-state index in [1.54, 1.807) is 6.92 Å². The molecule has 6 nitrogen and oxygen atoms in total. The third-order valence-electron chi connectivity index (χ3n) is 3.89. The fourth-order valence-corrected chi connectivity index (χ4v) is 2.81. The van der Waals surface area contributed by atoms with Crippen molar-refractivity contribution >= 4 is 23.2 Å². The Morgan fingerprint density at radius 3 is 2.47 bits per heavy atom. The molecule has 0 unspecified atom stereocenters. The lowest BCUT2D eigenvalue weighted by atomic mass is 10.1. The summed E-state index contributed by atoms with van der Waals surface area (Å²) in [6, 6.07) is 10.4. The van der Waals surface area contributed by atoms with E-state index >= 15 is 0 Å². The first-order valence-corrected chi connectivity index (χ1v) is 9.32. The van der Waals surface area contributed by atoms with Crippen LogP contribution in [-0.4, -0.2) is 12.3 Å². The number of nitrogens with zero attached hydrogens (tertiary/aromatic N) is 1. The van der Waals surface area contributed by atoms with Crippen LogP contribution in [0.1, 0.15) is 22.8 Å². The van der Waals surface area contributed by atoms with Gasteiger partial charge in [0, 0.05) is 17.7 Å². The maximum absolute atomic E-state index is 12.9. The number of hydrogen-bond acceptors (Lipinski definition) is 4. The zero-order valence-electron chi connectivity index (χ0n) is 16.4. The number of carbonyl (C=O) groups is 1. The Morgan fingerprint density at radius 1 is 1.16 bits per heavy atom. The highest BCUT2D eigenvalue weighted by atomic mass is 35.5. The number of aromatic nitrogens is 1. The van der Waals surface area contributed by atoms with E-state index in [-0.39, 0.29) is 27.8 Å². The Hall–Kier alpha value is -3.90. The smallest absolute Gasteiger partial charge is 0.573 e. The van der Waals surface area contributed by atoms with Gasteiger partial charge in [-0.25, -0.2) is 0 Å². The monoisotopic (exact) mass is 462 g/mol. The minimum atomic E-state index is -4.82. The summed E-state index contributed by atoms with van der Waals surface area (Å²) in [5, 5.41) is 14.2. The molecule has 0 aliphatic heterocycles. The molecule has 0 spiro atoms. The van der Waals surface area contributed by atoms with Crippen molar-refractivity contribution in [1.29, 1.82) is 0 Å². The average Bonchev–Trinajstić information content (AvgIpc) is 2.70. The molecule has 3 aromatic rings. The summed E-state index contributed by atoms with van der Waals surface area (Å²) >= 11 is 6.23. The van der Waals surface area contributed by atoms with Gasteiger partial charge in [0.05, 0.1) is 10.6 Å². The lowest BCUT2D eigenvalue weighted by Crippen LogP contribution is -2.25. The van der Waals surface area contributed by atoms with Crippen LogP contribution < -0.4 is 19.5 Å². The lowest BCUT2D eigenvalue weighted by Gasteiger charge is -2.14. The number of amides is 1. The fourth-order valence-electron chi connectivity index (χ4n) is 2.61. The predicted molar refractivity (Wildman–Crippen MR) is 111 cm³/mol.